The van der Waals surface area contributed by atoms with Crippen molar-refractivity contribution in [1.29, 1.82) is 0 Å². The number of nitrogens with one attached hydrogen (secondary N) is 2. The molecule has 19 heavy (non-hydrogen) atoms. The molecule has 0 aromatic heterocycles. The minimum atomic E-state index is -0.123. The molecule has 2 N–H and O–H groups in total. The largest absolute Gasteiger partial charge is 0.335 e. The monoisotopic (exact) mass is 280 g/mol. The summed E-state index contributed by atoms with van der Waals surface area (Å²) in [6.07, 6.45) is 6.66. The Hall–Kier alpha value is -1.16. The van der Waals surface area contributed by atoms with Gasteiger partial charge in [-0.2, -0.15) is 0 Å². The Balaban J connectivity index is 2.37. The van der Waals surface area contributed by atoms with Crippen LogP contribution in [0.15, 0.2) is 29.2 Å². The van der Waals surface area contributed by atoms with Crippen LogP contribution in [0.25, 0.3) is 0 Å². The van der Waals surface area contributed by atoms with Crippen molar-refractivity contribution in [3.8, 4) is 0 Å². The van der Waals surface area contributed by atoms with Crippen LogP contribution in [0.5, 0.6) is 0 Å². The standard InChI is InChI=1S/C15H24N2OS/c1-4-5-6-8-12(2)16-15(18)17-13-9-7-10-14(11-13)19-3/h7,9-12H,4-6,8H2,1-3H3,(H2,16,17,18)/t12-/m0/s1. The minimum absolute atomic E-state index is 0.123. The van der Waals surface area contributed by atoms with E-state index in [9.17, 15) is 4.79 Å². The third kappa shape index (κ3) is 6.53. The number of carbonyl (C=O) groups is 1. The molecule has 2 amide bonds. The van der Waals surface area contributed by atoms with Crippen LogP contribution in [0.1, 0.15) is 39.5 Å². The molecule has 1 atom stereocenters. The molecule has 0 bridgehead atoms. The highest BCUT2D eigenvalue weighted by Crippen LogP contribution is 2.18. The molecule has 106 valence electrons. The fourth-order valence-corrected chi connectivity index (χ4v) is 2.32. The molecule has 1 rings (SSSR count). The smallest absolute Gasteiger partial charge is 0.319 e. The number of amides is 2. The van der Waals surface area contributed by atoms with Crippen LogP contribution in [0.3, 0.4) is 0 Å². The van der Waals surface area contributed by atoms with Crippen LogP contribution in [0.2, 0.25) is 0 Å². The molecule has 0 spiro atoms. The zero-order valence-electron chi connectivity index (χ0n) is 12.0. The van der Waals surface area contributed by atoms with Gasteiger partial charge in [-0.15, -0.1) is 11.8 Å². The summed E-state index contributed by atoms with van der Waals surface area (Å²) >= 11 is 1.67. The van der Waals surface area contributed by atoms with E-state index in [0.717, 1.165) is 17.0 Å². The van der Waals surface area contributed by atoms with E-state index in [-0.39, 0.29) is 12.1 Å². The molecule has 0 heterocycles. The summed E-state index contributed by atoms with van der Waals surface area (Å²) in [6.45, 7) is 4.23. The maximum atomic E-state index is 11.8. The molecule has 1 aromatic rings. The Labute approximate surface area is 120 Å². The molecule has 0 aliphatic rings. The highest BCUT2D eigenvalue weighted by Gasteiger charge is 2.07. The summed E-state index contributed by atoms with van der Waals surface area (Å²) in [6, 6.07) is 7.96. The van der Waals surface area contributed by atoms with E-state index in [0.29, 0.717) is 0 Å². The average Bonchev–Trinajstić information content (AvgIpc) is 2.39. The summed E-state index contributed by atoms with van der Waals surface area (Å²) in [5.41, 5.74) is 0.838. The summed E-state index contributed by atoms with van der Waals surface area (Å²) in [5, 5.41) is 5.84. The van der Waals surface area contributed by atoms with Gasteiger partial charge in [-0.3, -0.25) is 0 Å². The van der Waals surface area contributed by atoms with Gasteiger partial charge < -0.3 is 10.6 Å². The van der Waals surface area contributed by atoms with Crippen LogP contribution in [0, 0.1) is 0 Å². The van der Waals surface area contributed by atoms with Gasteiger partial charge in [-0.05, 0) is 37.8 Å². The number of rotatable bonds is 7. The number of benzene rings is 1. The molecule has 1 aromatic carbocycles. The number of urea groups is 1. The molecule has 0 radical (unpaired) electrons. The highest BCUT2D eigenvalue weighted by molar-refractivity contribution is 7.98. The lowest BCUT2D eigenvalue weighted by Crippen LogP contribution is -2.36. The van der Waals surface area contributed by atoms with Crippen LogP contribution in [-0.4, -0.2) is 18.3 Å². The van der Waals surface area contributed by atoms with Gasteiger partial charge in [-0.25, -0.2) is 4.79 Å². The van der Waals surface area contributed by atoms with Gasteiger partial charge in [0.2, 0.25) is 0 Å². The molecule has 4 heteroatoms. The molecule has 0 saturated heterocycles. The number of anilines is 1. The van der Waals surface area contributed by atoms with Gasteiger partial charge in [0.15, 0.2) is 0 Å². The van der Waals surface area contributed by atoms with E-state index in [1.54, 1.807) is 11.8 Å². The molecule has 0 saturated carbocycles. The quantitative estimate of drug-likeness (QED) is 0.570. The number of carbonyl (C=O) groups excluding carboxylic acids is 1. The molecule has 3 nitrogen and oxygen atoms in total. The van der Waals surface area contributed by atoms with Gasteiger partial charge in [-0.1, -0.05) is 32.3 Å². The van der Waals surface area contributed by atoms with Crippen LogP contribution in [-0.2, 0) is 0 Å². The van der Waals surface area contributed by atoms with E-state index in [2.05, 4.69) is 17.6 Å². The maximum Gasteiger partial charge on any atom is 0.319 e. The van der Waals surface area contributed by atoms with Crippen molar-refractivity contribution in [2.75, 3.05) is 11.6 Å². The Morgan fingerprint density at radius 2 is 2.16 bits per heavy atom. The van der Waals surface area contributed by atoms with Crippen molar-refractivity contribution in [2.24, 2.45) is 0 Å². The van der Waals surface area contributed by atoms with E-state index in [4.69, 9.17) is 0 Å². The predicted octanol–water partition coefficient (Wildman–Crippen LogP) is 4.50. The first-order valence-electron chi connectivity index (χ1n) is 6.87. The van der Waals surface area contributed by atoms with Crippen LogP contribution >= 0.6 is 11.8 Å². The zero-order chi connectivity index (χ0) is 14.1. The van der Waals surface area contributed by atoms with Crippen molar-refractivity contribution in [2.45, 2.75) is 50.5 Å². The lowest BCUT2D eigenvalue weighted by Gasteiger charge is -2.14. The van der Waals surface area contributed by atoms with E-state index >= 15 is 0 Å². The third-order valence-electron chi connectivity index (χ3n) is 2.95. The lowest BCUT2D eigenvalue weighted by molar-refractivity contribution is 0.248. The van der Waals surface area contributed by atoms with Crippen molar-refractivity contribution in [3.05, 3.63) is 24.3 Å². The fourth-order valence-electron chi connectivity index (χ4n) is 1.86. The van der Waals surface area contributed by atoms with E-state index in [1.807, 2.05) is 37.4 Å². The summed E-state index contributed by atoms with van der Waals surface area (Å²) in [5.74, 6) is 0. The van der Waals surface area contributed by atoms with Crippen LogP contribution in [0.4, 0.5) is 10.5 Å². The molecule has 0 aliphatic heterocycles. The Kier molecular flexibility index (Phi) is 7.41. The topological polar surface area (TPSA) is 41.1 Å². The molecular weight excluding hydrogens is 256 g/mol. The number of unbranched alkanes of at least 4 members (excludes halogenated alkanes) is 2. The summed E-state index contributed by atoms with van der Waals surface area (Å²) in [4.78, 5) is 13.0. The van der Waals surface area contributed by atoms with E-state index < -0.39 is 0 Å². The van der Waals surface area contributed by atoms with Gasteiger partial charge >= 0.3 is 6.03 Å². The number of hydrogen-bond donors (Lipinski definition) is 2. The van der Waals surface area contributed by atoms with Gasteiger partial charge in [0.1, 0.15) is 0 Å². The predicted molar refractivity (Wildman–Crippen MR) is 84.0 cm³/mol. The Morgan fingerprint density at radius 3 is 2.84 bits per heavy atom. The molecule has 0 aliphatic carbocycles. The first-order chi connectivity index (χ1) is 9.15. The minimum Gasteiger partial charge on any atom is -0.335 e. The second-order valence-corrected chi connectivity index (χ2v) is 5.61. The Bertz CT molecular complexity index is 395. The fraction of sp³-hybridized carbons (Fsp3) is 0.533. The summed E-state index contributed by atoms with van der Waals surface area (Å²) in [7, 11) is 0. The number of hydrogen-bond acceptors (Lipinski definition) is 2. The first kappa shape index (κ1) is 15.9. The SMILES string of the molecule is CCCCC[C@H](C)NC(=O)Nc1cccc(SC)c1. The second kappa shape index (κ2) is 8.86. The average molecular weight is 280 g/mol. The van der Waals surface area contributed by atoms with Crippen molar-refractivity contribution < 1.29 is 4.79 Å². The van der Waals surface area contributed by atoms with Crippen LogP contribution < -0.4 is 10.6 Å². The number of thioether (sulfide) groups is 1. The van der Waals surface area contributed by atoms with Crippen molar-refractivity contribution in [3.63, 3.8) is 0 Å². The lowest BCUT2D eigenvalue weighted by atomic mass is 10.1. The normalized spacial score (nSPS) is 11.9. The maximum absolute atomic E-state index is 11.8. The Morgan fingerprint density at radius 1 is 1.37 bits per heavy atom. The highest BCUT2D eigenvalue weighted by atomic mass is 32.2. The molecule has 0 unspecified atom stereocenters. The van der Waals surface area contributed by atoms with Crippen molar-refractivity contribution in [1.82, 2.24) is 5.32 Å². The van der Waals surface area contributed by atoms with E-state index in [1.165, 1.54) is 19.3 Å². The summed E-state index contributed by atoms with van der Waals surface area (Å²) < 4.78 is 0. The van der Waals surface area contributed by atoms with Gasteiger partial charge in [0.25, 0.3) is 0 Å². The molecular formula is C15H24N2OS. The van der Waals surface area contributed by atoms with Crippen molar-refractivity contribution >= 4 is 23.5 Å². The first-order valence-corrected chi connectivity index (χ1v) is 8.09. The molecule has 0 fully saturated rings. The van der Waals surface area contributed by atoms with Gasteiger partial charge in [0, 0.05) is 16.6 Å². The third-order valence-corrected chi connectivity index (χ3v) is 3.67. The zero-order valence-corrected chi connectivity index (χ0v) is 12.8. The second-order valence-electron chi connectivity index (χ2n) is 4.73. The van der Waals surface area contributed by atoms with Gasteiger partial charge in [0.05, 0.1) is 0 Å².